The molecule has 90 valence electrons. The van der Waals surface area contributed by atoms with Crippen molar-refractivity contribution in [1.29, 1.82) is 0 Å². The second-order valence-electron chi connectivity index (χ2n) is 3.48. The average Bonchev–Trinajstić information content (AvgIpc) is 2.60. The lowest BCUT2D eigenvalue weighted by Crippen LogP contribution is -2.36. The van der Waals surface area contributed by atoms with E-state index in [0.717, 1.165) is 0 Å². The van der Waals surface area contributed by atoms with Crippen LogP contribution in [0.25, 0.3) is 0 Å². The van der Waals surface area contributed by atoms with Gasteiger partial charge in [0.2, 0.25) is 5.91 Å². The fraction of sp³-hybridized carbons (Fsp3) is 0.600. The molecule has 5 nitrogen and oxygen atoms in total. The number of ether oxygens (including phenoxy) is 1. The molecule has 1 aromatic heterocycles. The number of aromatic nitrogens is 1. The third-order valence-electron chi connectivity index (χ3n) is 1.89. The Morgan fingerprint density at radius 3 is 3.06 bits per heavy atom. The van der Waals surface area contributed by atoms with Gasteiger partial charge in [-0.15, -0.1) is 11.3 Å². The van der Waals surface area contributed by atoms with E-state index in [1.54, 1.807) is 5.38 Å². The molecule has 0 aliphatic heterocycles. The number of nitrogen functional groups attached to an aromatic ring is 1. The molecule has 0 fully saturated rings. The number of carbonyl (C=O) groups excluding carboxylic acids is 1. The van der Waals surface area contributed by atoms with Crippen molar-refractivity contribution in [2.24, 2.45) is 0 Å². The van der Waals surface area contributed by atoms with Crippen LogP contribution in [0.4, 0.5) is 5.13 Å². The number of hydrogen-bond acceptors (Lipinski definition) is 5. The van der Waals surface area contributed by atoms with Gasteiger partial charge in [0.05, 0.1) is 18.7 Å². The Labute approximate surface area is 99.0 Å². The topological polar surface area (TPSA) is 77.2 Å². The first-order valence-corrected chi connectivity index (χ1v) is 6.06. The normalized spacial score (nSPS) is 12.4. The Bertz CT molecular complexity index is 341. The molecular formula is C10H17N3O2S. The number of nitrogens with one attached hydrogen (secondary N) is 1. The van der Waals surface area contributed by atoms with Crippen molar-refractivity contribution in [3.63, 3.8) is 0 Å². The molecule has 1 atom stereocenters. The Morgan fingerprint density at radius 1 is 1.75 bits per heavy atom. The molecule has 0 radical (unpaired) electrons. The molecule has 0 aromatic carbocycles. The maximum absolute atomic E-state index is 11.6. The maximum Gasteiger partial charge on any atom is 0.226 e. The molecule has 1 amide bonds. The van der Waals surface area contributed by atoms with Gasteiger partial charge < -0.3 is 15.8 Å². The molecular weight excluding hydrogens is 226 g/mol. The average molecular weight is 243 g/mol. The van der Waals surface area contributed by atoms with Gasteiger partial charge in [0.15, 0.2) is 5.13 Å². The fourth-order valence-electron chi connectivity index (χ4n) is 1.23. The molecule has 0 spiro atoms. The monoisotopic (exact) mass is 243 g/mol. The Morgan fingerprint density at radius 2 is 2.50 bits per heavy atom. The highest BCUT2D eigenvalue weighted by Crippen LogP contribution is 2.11. The highest BCUT2D eigenvalue weighted by Gasteiger charge is 2.09. The van der Waals surface area contributed by atoms with Gasteiger partial charge in [-0.05, 0) is 13.8 Å². The fourth-order valence-corrected chi connectivity index (χ4v) is 1.79. The molecule has 0 aliphatic rings. The third-order valence-corrected chi connectivity index (χ3v) is 2.61. The van der Waals surface area contributed by atoms with Gasteiger partial charge in [-0.3, -0.25) is 4.79 Å². The molecule has 0 bridgehead atoms. The van der Waals surface area contributed by atoms with E-state index in [1.807, 2.05) is 13.8 Å². The van der Waals surface area contributed by atoms with Crippen LogP contribution < -0.4 is 11.1 Å². The van der Waals surface area contributed by atoms with Crippen molar-refractivity contribution in [1.82, 2.24) is 10.3 Å². The van der Waals surface area contributed by atoms with Gasteiger partial charge in [0.25, 0.3) is 0 Å². The summed E-state index contributed by atoms with van der Waals surface area (Å²) in [6, 6.07) is 0.0171. The molecule has 0 saturated heterocycles. The van der Waals surface area contributed by atoms with Gasteiger partial charge in [-0.25, -0.2) is 4.98 Å². The van der Waals surface area contributed by atoms with E-state index in [4.69, 9.17) is 10.5 Å². The van der Waals surface area contributed by atoms with Crippen LogP contribution >= 0.6 is 11.3 Å². The van der Waals surface area contributed by atoms with Crippen LogP contribution in [0.15, 0.2) is 5.38 Å². The number of anilines is 1. The minimum Gasteiger partial charge on any atom is -0.380 e. The van der Waals surface area contributed by atoms with Gasteiger partial charge in [0, 0.05) is 18.0 Å². The summed E-state index contributed by atoms with van der Waals surface area (Å²) in [7, 11) is 0. The predicted octanol–water partition coefficient (Wildman–Crippen LogP) is 0.809. The van der Waals surface area contributed by atoms with Gasteiger partial charge in [-0.2, -0.15) is 0 Å². The van der Waals surface area contributed by atoms with Crippen molar-refractivity contribution in [2.75, 3.05) is 18.9 Å². The van der Waals surface area contributed by atoms with Crippen molar-refractivity contribution in [3.8, 4) is 0 Å². The third kappa shape index (κ3) is 4.59. The van der Waals surface area contributed by atoms with Crippen LogP contribution in [0.2, 0.25) is 0 Å². The number of nitrogens with two attached hydrogens (primary N) is 1. The summed E-state index contributed by atoms with van der Waals surface area (Å²) in [5, 5.41) is 5.12. The summed E-state index contributed by atoms with van der Waals surface area (Å²) < 4.78 is 5.20. The zero-order valence-corrected chi connectivity index (χ0v) is 10.3. The molecule has 6 heteroatoms. The van der Waals surface area contributed by atoms with E-state index in [-0.39, 0.29) is 18.4 Å². The molecule has 1 unspecified atom stereocenters. The first-order valence-electron chi connectivity index (χ1n) is 5.18. The Kier molecular flexibility index (Phi) is 5.21. The van der Waals surface area contributed by atoms with Crippen molar-refractivity contribution in [3.05, 3.63) is 11.1 Å². The quantitative estimate of drug-likeness (QED) is 0.775. The highest BCUT2D eigenvalue weighted by atomic mass is 32.1. The molecule has 1 heterocycles. The molecule has 1 aromatic rings. The van der Waals surface area contributed by atoms with Gasteiger partial charge in [-0.1, -0.05) is 0 Å². The molecule has 0 aliphatic carbocycles. The molecule has 3 N–H and O–H groups in total. The number of amides is 1. The predicted molar refractivity (Wildman–Crippen MR) is 64.3 cm³/mol. The lowest BCUT2D eigenvalue weighted by molar-refractivity contribution is -0.121. The first kappa shape index (κ1) is 12.9. The summed E-state index contributed by atoms with van der Waals surface area (Å²) in [4.78, 5) is 15.6. The van der Waals surface area contributed by atoms with Crippen molar-refractivity contribution >= 4 is 22.4 Å². The summed E-state index contributed by atoms with van der Waals surface area (Å²) in [5.41, 5.74) is 6.19. The zero-order chi connectivity index (χ0) is 12.0. The van der Waals surface area contributed by atoms with E-state index in [2.05, 4.69) is 10.3 Å². The zero-order valence-electron chi connectivity index (χ0n) is 9.53. The van der Waals surface area contributed by atoms with Crippen molar-refractivity contribution < 1.29 is 9.53 Å². The lowest BCUT2D eigenvalue weighted by Gasteiger charge is -2.12. The summed E-state index contributed by atoms with van der Waals surface area (Å²) >= 11 is 1.34. The van der Waals surface area contributed by atoms with E-state index in [1.165, 1.54) is 11.3 Å². The molecule has 16 heavy (non-hydrogen) atoms. The smallest absolute Gasteiger partial charge is 0.226 e. The Hall–Kier alpha value is -1.14. The summed E-state index contributed by atoms with van der Waals surface area (Å²) in [6.07, 6.45) is 0.268. The maximum atomic E-state index is 11.6. The minimum absolute atomic E-state index is 0.0171. The van der Waals surface area contributed by atoms with Crippen LogP contribution in [0, 0.1) is 0 Å². The summed E-state index contributed by atoms with van der Waals surface area (Å²) in [6.45, 7) is 5.01. The first-order chi connectivity index (χ1) is 7.61. The van der Waals surface area contributed by atoms with Crippen molar-refractivity contribution in [2.45, 2.75) is 26.3 Å². The summed E-state index contributed by atoms with van der Waals surface area (Å²) in [5.74, 6) is -0.0579. The highest BCUT2D eigenvalue weighted by molar-refractivity contribution is 7.13. The SMILES string of the molecule is CCOCC(C)NC(=O)Cc1csc(N)n1. The second kappa shape index (κ2) is 6.44. The van der Waals surface area contributed by atoms with E-state index in [0.29, 0.717) is 24.0 Å². The number of carbonyl (C=O) groups is 1. The van der Waals surface area contributed by atoms with Crippen LogP contribution in [-0.2, 0) is 16.0 Å². The van der Waals surface area contributed by atoms with Gasteiger partial charge >= 0.3 is 0 Å². The van der Waals surface area contributed by atoms with Crippen LogP contribution in [0.5, 0.6) is 0 Å². The van der Waals surface area contributed by atoms with E-state index >= 15 is 0 Å². The van der Waals surface area contributed by atoms with Crippen LogP contribution in [0.3, 0.4) is 0 Å². The number of nitrogens with zero attached hydrogens (tertiary/aromatic N) is 1. The number of hydrogen-bond donors (Lipinski definition) is 2. The van der Waals surface area contributed by atoms with Crippen LogP contribution in [0.1, 0.15) is 19.5 Å². The Balaban J connectivity index is 2.30. The lowest BCUT2D eigenvalue weighted by atomic mass is 10.3. The molecule has 1 rings (SSSR count). The number of rotatable bonds is 6. The van der Waals surface area contributed by atoms with E-state index in [9.17, 15) is 4.79 Å². The number of thiazole rings is 1. The minimum atomic E-state index is -0.0579. The van der Waals surface area contributed by atoms with E-state index < -0.39 is 0 Å². The molecule has 0 saturated carbocycles. The van der Waals surface area contributed by atoms with Crippen LogP contribution in [-0.4, -0.2) is 30.1 Å². The largest absolute Gasteiger partial charge is 0.380 e. The standard InChI is InChI=1S/C10H17N3O2S/c1-3-15-5-7(2)12-9(14)4-8-6-16-10(11)13-8/h6-7H,3-5H2,1-2H3,(H2,11,13)(H,12,14). The second-order valence-corrected chi connectivity index (χ2v) is 4.37. The van der Waals surface area contributed by atoms with Gasteiger partial charge in [0.1, 0.15) is 0 Å².